The first-order valence-electron chi connectivity index (χ1n) is 7.01. The molecule has 0 aliphatic carbocycles. The number of ether oxygens (including phenoxy) is 1. The van der Waals surface area contributed by atoms with E-state index in [2.05, 4.69) is 10.2 Å². The Morgan fingerprint density at radius 2 is 2.00 bits per heavy atom. The molecule has 6 heteroatoms. The van der Waals surface area contributed by atoms with E-state index >= 15 is 0 Å². The van der Waals surface area contributed by atoms with Gasteiger partial charge in [-0.15, -0.1) is 12.4 Å². The summed E-state index contributed by atoms with van der Waals surface area (Å²) < 4.78 is 5.37. The third-order valence-corrected chi connectivity index (χ3v) is 3.76. The summed E-state index contributed by atoms with van der Waals surface area (Å²) in [6, 6.07) is 0.675. The minimum absolute atomic E-state index is 0. The van der Waals surface area contributed by atoms with Gasteiger partial charge in [0, 0.05) is 38.8 Å². The maximum Gasteiger partial charge on any atom is 0.248 e. The van der Waals surface area contributed by atoms with Crippen LogP contribution in [0.2, 0.25) is 0 Å². The molecule has 0 bridgehead atoms. The lowest BCUT2D eigenvalue weighted by Gasteiger charge is -2.37. The molecule has 19 heavy (non-hydrogen) atoms. The quantitative estimate of drug-likeness (QED) is 0.811. The minimum Gasteiger partial charge on any atom is -0.369 e. The van der Waals surface area contributed by atoms with Crippen LogP contribution in [0.3, 0.4) is 0 Å². The molecule has 1 unspecified atom stereocenters. The third kappa shape index (κ3) is 4.91. The van der Waals surface area contributed by atoms with Crippen LogP contribution in [0.5, 0.6) is 0 Å². The van der Waals surface area contributed by atoms with Crippen LogP contribution < -0.4 is 5.32 Å². The topological polar surface area (TPSA) is 44.8 Å². The molecule has 0 aromatic heterocycles. The number of amides is 1. The van der Waals surface area contributed by atoms with Crippen molar-refractivity contribution in [2.24, 2.45) is 0 Å². The number of hydrogen-bond donors (Lipinski definition) is 1. The van der Waals surface area contributed by atoms with Gasteiger partial charge in [0.15, 0.2) is 0 Å². The van der Waals surface area contributed by atoms with Crippen LogP contribution in [-0.2, 0) is 9.53 Å². The number of carbonyl (C=O) groups is 1. The number of hydrogen-bond acceptors (Lipinski definition) is 4. The normalized spacial score (nSPS) is 24.6. The summed E-state index contributed by atoms with van der Waals surface area (Å²) in [4.78, 5) is 16.3. The van der Waals surface area contributed by atoms with Crippen LogP contribution in [0.15, 0.2) is 0 Å². The van der Waals surface area contributed by atoms with Crippen molar-refractivity contribution in [3.63, 3.8) is 0 Å². The molecule has 2 saturated heterocycles. The first-order chi connectivity index (χ1) is 8.66. The molecule has 2 aliphatic heterocycles. The molecule has 0 radical (unpaired) electrons. The Bertz CT molecular complexity index is 275. The molecule has 2 aliphatic rings. The van der Waals surface area contributed by atoms with Crippen molar-refractivity contribution in [2.45, 2.75) is 32.4 Å². The number of nitrogens with zero attached hydrogens (tertiary/aromatic N) is 2. The summed E-state index contributed by atoms with van der Waals surface area (Å²) in [7, 11) is 0. The second-order valence-corrected chi connectivity index (χ2v) is 5.42. The molecular weight excluding hydrogens is 266 g/mol. The number of piperazine rings is 1. The largest absolute Gasteiger partial charge is 0.369 e. The summed E-state index contributed by atoms with van der Waals surface area (Å²) in [5.74, 6) is 0.132. The molecule has 2 fully saturated rings. The predicted octanol–water partition coefficient (Wildman–Crippen LogP) is 0.339. The van der Waals surface area contributed by atoms with Crippen LogP contribution in [0.25, 0.3) is 0 Å². The van der Waals surface area contributed by atoms with E-state index in [4.69, 9.17) is 4.74 Å². The molecule has 2 heterocycles. The van der Waals surface area contributed by atoms with Crippen LogP contribution in [0.4, 0.5) is 0 Å². The van der Waals surface area contributed by atoms with Crippen molar-refractivity contribution >= 4 is 18.3 Å². The molecule has 0 aromatic rings. The number of nitrogens with one attached hydrogen (secondary N) is 1. The average Bonchev–Trinajstić information content (AvgIpc) is 2.90. The molecule has 112 valence electrons. The second-order valence-electron chi connectivity index (χ2n) is 5.42. The van der Waals surface area contributed by atoms with Gasteiger partial charge >= 0.3 is 0 Å². The minimum atomic E-state index is 0. The number of carbonyl (C=O) groups excluding carboxylic acids is 1. The summed E-state index contributed by atoms with van der Waals surface area (Å²) >= 11 is 0. The summed E-state index contributed by atoms with van der Waals surface area (Å²) in [6.45, 7) is 10.1. The maximum atomic E-state index is 11.9. The molecule has 0 aromatic carbocycles. The Morgan fingerprint density at radius 3 is 2.53 bits per heavy atom. The lowest BCUT2D eigenvalue weighted by atomic mass is 10.2. The SMILES string of the molecule is CC(C)OCC(=O)N1CCN(C2CCNC2)CC1.Cl. The monoisotopic (exact) mass is 291 g/mol. The zero-order valence-corrected chi connectivity index (χ0v) is 12.7. The van der Waals surface area contributed by atoms with Crippen molar-refractivity contribution in [3.8, 4) is 0 Å². The molecule has 1 amide bonds. The van der Waals surface area contributed by atoms with Gasteiger partial charge in [0.25, 0.3) is 0 Å². The van der Waals surface area contributed by atoms with Gasteiger partial charge in [0.2, 0.25) is 5.91 Å². The van der Waals surface area contributed by atoms with Crippen molar-refractivity contribution in [2.75, 3.05) is 45.9 Å². The highest BCUT2D eigenvalue weighted by molar-refractivity contribution is 5.85. The fourth-order valence-electron chi connectivity index (χ4n) is 2.62. The molecule has 2 rings (SSSR count). The van der Waals surface area contributed by atoms with E-state index in [1.54, 1.807) is 0 Å². The highest BCUT2D eigenvalue weighted by Gasteiger charge is 2.27. The maximum absolute atomic E-state index is 11.9. The molecule has 1 atom stereocenters. The zero-order chi connectivity index (χ0) is 13.0. The second kappa shape index (κ2) is 8.04. The van der Waals surface area contributed by atoms with Gasteiger partial charge in [0.05, 0.1) is 6.10 Å². The first kappa shape index (κ1) is 16.7. The number of rotatable bonds is 4. The lowest BCUT2D eigenvalue weighted by molar-refractivity contribution is -0.139. The highest BCUT2D eigenvalue weighted by atomic mass is 35.5. The van der Waals surface area contributed by atoms with Gasteiger partial charge in [-0.2, -0.15) is 0 Å². The highest BCUT2D eigenvalue weighted by Crippen LogP contribution is 2.12. The fraction of sp³-hybridized carbons (Fsp3) is 0.923. The first-order valence-corrected chi connectivity index (χ1v) is 7.01. The van der Waals surface area contributed by atoms with Crippen molar-refractivity contribution in [1.29, 1.82) is 0 Å². The molecular formula is C13H26ClN3O2. The lowest BCUT2D eigenvalue weighted by Crippen LogP contribution is -2.53. The van der Waals surface area contributed by atoms with E-state index in [9.17, 15) is 4.79 Å². The van der Waals surface area contributed by atoms with E-state index in [1.165, 1.54) is 6.42 Å². The summed E-state index contributed by atoms with van der Waals surface area (Å²) in [5.41, 5.74) is 0. The Hall–Kier alpha value is -0.360. The van der Waals surface area contributed by atoms with Gasteiger partial charge in [-0.3, -0.25) is 9.69 Å². The summed E-state index contributed by atoms with van der Waals surface area (Å²) in [6.07, 6.45) is 1.37. The van der Waals surface area contributed by atoms with Crippen molar-refractivity contribution in [1.82, 2.24) is 15.1 Å². The van der Waals surface area contributed by atoms with E-state index in [-0.39, 0.29) is 31.0 Å². The van der Waals surface area contributed by atoms with Gasteiger partial charge in [-0.05, 0) is 26.8 Å². The Morgan fingerprint density at radius 1 is 1.32 bits per heavy atom. The van der Waals surface area contributed by atoms with Gasteiger partial charge < -0.3 is 15.0 Å². The van der Waals surface area contributed by atoms with Gasteiger partial charge in [-0.25, -0.2) is 0 Å². The van der Waals surface area contributed by atoms with E-state index in [0.29, 0.717) is 6.04 Å². The van der Waals surface area contributed by atoms with Crippen LogP contribution in [-0.4, -0.2) is 73.7 Å². The van der Waals surface area contributed by atoms with Crippen molar-refractivity contribution in [3.05, 3.63) is 0 Å². The van der Waals surface area contributed by atoms with E-state index in [1.807, 2.05) is 18.7 Å². The van der Waals surface area contributed by atoms with Crippen LogP contribution in [0.1, 0.15) is 20.3 Å². The standard InChI is InChI=1S/C13H25N3O2.ClH/c1-11(2)18-10-13(17)16-7-5-15(6-8-16)12-3-4-14-9-12;/h11-12,14H,3-10H2,1-2H3;1H. The molecule has 0 saturated carbocycles. The molecule has 5 nitrogen and oxygen atoms in total. The van der Waals surface area contributed by atoms with Crippen LogP contribution >= 0.6 is 12.4 Å². The Kier molecular flexibility index (Phi) is 7.07. The zero-order valence-electron chi connectivity index (χ0n) is 11.9. The van der Waals surface area contributed by atoms with Gasteiger partial charge in [0.1, 0.15) is 6.61 Å². The Balaban J connectivity index is 0.00000180. The summed E-state index contributed by atoms with van der Waals surface area (Å²) in [5, 5.41) is 3.39. The fourth-order valence-corrected chi connectivity index (χ4v) is 2.62. The van der Waals surface area contributed by atoms with Crippen molar-refractivity contribution < 1.29 is 9.53 Å². The number of halogens is 1. The average molecular weight is 292 g/mol. The van der Waals surface area contributed by atoms with E-state index in [0.717, 1.165) is 39.3 Å². The smallest absolute Gasteiger partial charge is 0.248 e. The Labute approximate surface area is 122 Å². The molecule has 0 spiro atoms. The molecule has 1 N–H and O–H groups in total. The third-order valence-electron chi connectivity index (χ3n) is 3.76. The predicted molar refractivity (Wildman–Crippen MR) is 77.8 cm³/mol. The van der Waals surface area contributed by atoms with E-state index < -0.39 is 0 Å². The van der Waals surface area contributed by atoms with Crippen LogP contribution in [0, 0.1) is 0 Å². The van der Waals surface area contributed by atoms with Gasteiger partial charge in [-0.1, -0.05) is 0 Å².